The first-order chi connectivity index (χ1) is 8.66. The molecule has 0 saturated carbocycles. The molecule has 0 unspecified atom stereocenters. The zero-order valence-electron chi connectivity index (χ0n) is 10.7. The van der Waals surface area contributed by atoms with Crippen LogP contribution in [-0.2, 0) is 0 Å². The fourth-order valence-electron chi connectivity index (χ4n) is 2.20. The van der Waals surface area contributed by atoms with Crippen LogP contribution in [0.3, 0.4) is 0 Å². The minimum Gasteiger partial charge on any atom is -0.477 e. The number of hydrogen-bond acceptors (Lipinski definition) is 4. The Morgan fingerprint density at radius 3 is 2.89 bits per heavy atom. The summed E-state index contributed by atoms with van der Waals surface area (Å²) in [5, 5.41) is 8.90. The maximum atomic E-state index is 10.9. The van der Waals surface area contributed by atoms with Gasteiger partial charge in [0.25, 0.3) is 0 Å². The van der Waals surface area contributed by atoms with Crippen LogP contribution in [0.25, 0.3) is 0 Å². The van der Waals surface area contributed by atoms with Crippen LogP contribution in [0.1, 0.15) is 23.3 Å². The molecular weight excluding hydrogens is 230 g/mol. The number of nitrogens with zero attached hydrogens (tertiary/aromatic N) is 3. The number of hydrogen-bond donors (Lipinski definition) is 1. The smallest absolute Gasteiger partial charge is 0.354 e. The van der Waals surface area contributed by atoms with Crippen LogP contribution in [0, 0.1) is 0 Å². The van der Waals surface area contributed by atoms with Crippen molar-refractivity contribution in [1.29, 1.82) is 0 Å². The summed E-state index contributed by atoms with van der Waals surface area (Å²) in [7, 11) is 1.98. The van der Waals surface area contributed by atoms with Crippen LogP contribution in [-0.4, -0.2) is 54.2 Å². The van der Waals surface area contributed by atoms with E-state index < -0.39 is 5.97 Å². The van der Waals surface area contributed by atoms with Gasteiger partial charge in [0, 0.05) is 32.0 Å². The van der Waals surface area contributed by atoms with Crippen LogP contribution in [0.5, 0.6) is 0 Å². The number of aromatic carboxylic acids is 1. The highest BCUT2D eigenvalue weighted by Crippen LogP contribution is 2.13. The van der Waals surface area contributed by atoms with Gasteiger partial charge in [0.15, 0.2) is 0 Å². The molecule has 0 atom stereocenters. The molecule has 0 aliphatic carbocycles. The lowest BCUT2D eigenvalue weighted by Crippen LogP contribution is -2.31. The average molecular weight is 249 g/mol. The van der Waals surface area contributed by atoms with Crippen molar-refractivity contribution in [2.24, 2.45) is 0 Å². The zero-order chi connectivity index (χ0) is 13.0. The number of carboxylic acid groups (broad SMARTS) is 1. The molecule has 18 heavy (non-hydrogen) atoms. The highest BCUT2D eigenvalue weighted by Gasteiger charge is 2.13. The predicted octanol–water partition coefficient (Wildman–Crippen LogP) is 1.31. The Hall–Kier alpha value is -1.62. The molecule has 5 nitrogen and oxygen atoms in total. The summed E-state index contributed by atoms with van der Waals surface area (Å²) in [6, 6.07) is 3.46. The first kappa shape index (κ1) is 12.8. The van der Waals surface area contributed by atoms with Gasteiger partial charge in [-0.1, -0.05) is 0 Å². The summed E-state index contributed by atoms with van der Waals surface area (Å²) < 4.78 is 0. The number of rotatable bonds is 5. The second-order valence-corrected chi connectivity index (χ2v) is 4.67. The summed E-state index contributed by atoms with van der Waals surface area (Å²) in [4.78, 5) is 19.2. The van der Waals surface area contributed by atoms with Crippen molar-refractivity contribution in [3.8, 4) is 0 Å². The van der Waals surface area contributed by atoms with Crippen LogP contribution in [0.2, 0.25) is 0 Å². The number of likely N-dealkylation sites (tertiary alicyclic amines) is 1. The Balaban J connectivity index is 1.93. The maximum absolute atomic E-state index is 10.9. The lowest BCUT2D eigenvalue weighted by atomic mass is 10.3. The standard InChI is InChI=1S/C13H19N3O2/c1-15(8-9-16-6-2-3-7-16)11-4-5-14-12(10-11)13(17)18/h4-5,10H,2-3,6-9H2,1H3,(H,17,18). The Labute approximate surface area is 107 Å². The van der Waals surface area contributed by atoms with Gasteiger partial charge in [0.1, 0.15) is 5.69 Å². The molecule has 0 radical (unpaired) electrons. The summed E-state index contributed by atoms with van der Waals surface area (Å²) >= 11 is 0. The molecule has 1 aliphatic heterocycles. The van der Waals surface area contributed by atoms with E-state index >= 15 is 0 Å². The molecule has 1 N–H and O–H groups in total. The minimum atomic E-state index is -0.982. The van der Waals surface area contributed by atoms with Crippen molar-refractivity contribution >= 4 is 11.7 Å². The quantitative estimate of drug-likeness (QED) is 0.852. The topological polar surface area (TPSA) is 56.7 Å². The van der Waals surface area contributed by atoms with Crippen molar-refractivity contribution in [3.05, 3.63) is 24.0 Å². The Kier molecular flexibility index (Phi) is 4.15. The van der Waals surface area contributed by atoms with E-state index in [1.807, 2.05) is 13.1 Å². The van der Waals surface area contributed by atoms with Crippen LogP contribution in [0.15, 0.2) is 18.3 Å². The highest BCUT2D eigenvalue weighted by molar-refractivity contribution is 5.86. The SMILES string of the molecule is CN(CCN1CCCC1)c1ccnc(C(=O)O)c1. The first-order valence-corrected chi connectivity index (χ1v) is 6.29. The molecule has 1 fully saturated rings. The molecule has 1 aromatic heterocycles. The van der Waals surface area contributed by atoms with Gasteiger partial charge in [-0.25, -0.2) is 9.78 Å². The fourth-order valence-corrected chi connectivity index (χ4v) is 2.20. The molecule has 1 aromatic rings. The fraction of sp³-hybridized carbons (Fsp3) is 0.538. The van der Waals surface area contributed by atoms with Gasteiger partial charge >= 0.3 is 5.97 Å². The summed E-state index contributed by atoms with van der Waals surface area (Å²) in [5.41, 5.74) is 1.00. The predicted molar refractivity (Wildman–Crippen MR) is 70.1 cm³/mol. The first-order valence-electron chi connectivity index (χ1n) is 6.29. The molecule has 0 amide bonds. The van der Waals surface area contributed by atoms with Gasteiger partial charge in [-0.15, -0.1) is 0 Å². The van der Waals surface area contributed by atoms with Crippen LogP contribution < -0.4 is 4.90 Å². The molecule has 5 heteroatoms. The number of likely N-dealkylation sites (N-methyl/N-ethyl adjacent to an activating group) is 1. The molecule has 0 aromatic carbocycles. The summed E-state index contributed by atoms with van der Waals surface area (Å²) in [5.74, 6) is -0.982. The van der Waals surface area contributed by atoms with Crippen LogP contribution in [0.4, 0.5) is 5.69 Å². The second-order valence-electron chi connectivity index (χ2n) is 4.67. The van der Waals surface area contributed by atoms with Crippen molar-refractivity contribution in [1.82, 2.24) is 9.88 Å². The number of aromatic nitrogens is 1. The van der Waals surface area contributed by atoms with E-state index in [2.05, 4.69) is 14.8 Å². The average Bonchev–Trinajstić information content (AvgIpc) is 2.89. The van der Waals surface area contributed by atoms with Gasteiger partial charge in [-0.3, -0.25) is 0 Å². The van der Waals surface area contributed by atoms with E-state index in [-0.39, 0.29) is 5.69 Å². The largest absolute Gasteiger partial charge is 0.477 e. The third-order valence-electron chi connectivity index (χ3n) is 3.35. The number of carbonyl (C=O) groups is 1. The molecule has 0 bridgehead atoms. The molecule has 2 rings (SSSR count). The van der Waals surface area contributed by atoms with Crippen molar-refractivity contribution in [3.63, 3.8) is 0 Å². The lowest BCUT2D eigenvalue weighted by molar-refractivity contribution is 0.0690. The molecule has 2 heterocycles. The van der Waals surface area contributed by atoms with Gasteiger partial charge in [0.2, 0.25) is 0 Å². The van der Waals surface area contributed by atoms with E-state index in [1.54, 1.807) is 12.3 Å². The number of pyridine rings is 1. The van der Waals surface area contributed by atoms with E-state index in [4.69, 9.17) is 5.11 Å². The van der Waals surface area contributed by atoms with Gasteiger partial charge < -0.3 is 14.9 Å². The van der Waals surface area contributed by atoms with Gasteiger partial charge in [-0.2, -0.15) is 0 Å². The van der Waals surface area contributed by atoms with E-state index in [0.717, 1.165) is 18.8 Å². The Morgan fingerprint density at radius 1 is 1.50 bits per heavy atom. The van der Waals surface area contributed by atoms with Gasteiger partial charge in [-0.05, 0) is 38.1 Å². The zero-order valence-corrected chi connectivity index (χ0v) is 10.7. The van der Waals surface area contributed by atoms with Crippen molar-refractivity contribution < 1.29 is 9.90 Å². The third kappa shape index (κ3) is 3.20. The molecule has 1 aliphatic rings. The Bertz CT molecular complexity index is 416. The summed E-state index contributed by atoms with van der Waals surface area (Å²) in [6.45, 7) is 4.30. The minimum absolute atomic E-state index is 0.0977. The summed E-state index contributed by atoms with van der Waals surface area (Å²) in [6.07, 6.45) is 4.13. The Morgan fingerprint density at radius 2 is 2.22 bits per heavy atom. The molecule has 98 valence electrons. The third-order valence-corrected chi connectivity index (χ3v) is 3.35. The molecular formula is C13H19N3O2. The van der Waals surface area contributed by atoms with Crippen LogP contribution >= 0.6 is 0 Å². The second kappa shape index (κ2) is 5.82. The maximum Gasteiger partial charge on any atom is 0.354 e. The van der Waals surface area contributed by atoms with E-state index in [1.165, 1.54) is 25.9 Å². The number of anilines is 1. The molecule has 1 saturated heterocycles. The monoisotopic (exact) mass is 249 g/mol. The van der Waals surface area contributed by atoms with Crippen molar-refractivity contribution in [2.75, 3.05) is 38.1 Å². The van der Waals surface area contributed by atoms with Gasteiger partial charge in [0.05, 0.1) is 0 Å². The lowest BCUT2D eigenvalue weighted by Gasteiger charge is -2.23. The van der Waals surface area contributed by atoms with Crippen molar-refractivity contribution in [2.45, 2.75) is 12.8 Å². The normalized spacial score (nSPS) is 15.8. The van der Waals surface area contributed by atoms with E-state index in [9.17, 15) is 4.79 Å². The van der Waals surface area contributed by atoms with E-state index in [0.29, 0.717) is 0 Å². The highest BCUT2D eigenvalue weighted by atomic mass is 16.4. The number of carboxylic acids is 1. The molecule has 0 spiro atoms.